The lowest BCUT2D eigenvalue weighted by Crippen LogP contribution is -2.11. The highest BCUT2D eigenvalue weighted by Crippen LogP contribution is 1.99. The Hall–Kier alpha value is -1.03. The first-order valence-electron chi connectivity index (χ1n) is 3.67. The van der Waals surface area contributed by atoms with E-state index in [2.05, 4.69) is 9.97 Å². The zero-order valence-electron chi connectivity index (χ0n) is 7.02. The molecule has 1 aromatic heterocycles. The van der Waals surface area contributed by atoms with Gasteiger partial charge in [-0.3, -0.25) is 4.98 Å². The molecule has 64 valence electrons. The van der Waals surface area contributed by atoms with Crippen LogP contribution in [0.3, 0.4) is 0 Å². The molecular formula is C8H10N2OS. The lowest BCUT2D eigenvalue weighted by Gasteiger charge is -2.08. The topological polar surface area (TPSA) is 35.0 Å². The van der Waals surface area contributed by atoms with E-state index in [0.29, 0.717) is 10.7 Å². The van der Waals surface area contributed by atoms with Gasteiger partial charge < -0.3 is 4.74 Å². The fraction of sp³-hybridized carbons (Fsp3) is 0.375. The lowest BCUT2D eigenvalue weighted by molar-refractivity contribution is 0.235. The van der Waals surface area contributed by atoms with E-state index in [1.807, 2.05) is 13.8 Å². The molecule has 1 heterocycles. The average Bonchev–Trinajstić information content (AvgIpc) is 2.05. The molecular weight excluding hydrogens is 172 g/mol. The summed E-state index contributed by atoms with van der Waals surface area (Å²) in [5, 5.41) is 0.401. The molecule has 0 aliphatic heterocycles. The number of hydrogen-bond acceptors (Lipinski definition) is 4. The first kappa shape index (κ1) is 9.06. The molecule has 3 nitrogen and oxygen atoms in total. The number of aromatic nitrogens is 2. The fourth-order valence-electron chi connectivity index (χ4n) is 0.679. The van der Waals surface area contributed by atoms with Gasteiger partial charge in [0.1, 0.15) is 5.69 Å². The molecule has 0 bridgehead atoms. The molecule has 0 N–H and O–H groups in total. The highest BCUT2D eigenvalue weighted by Gasteiger charge is 2.04. The monoisotopic (exact) mass is 182 g/mol. The Morgan fingerprint density at radius 1 is 1.50 bits per heavy atom. The van der Waals surface area contributed by atoms with Crippen molar-refractivity contribution in [2.75, 3.05) is 0 Å². The van der Waals surface area contributed by atoms with E-state index in [4.69, 9.17) is 17.0 Å². The van der Waals surface area contributed by atoms with Crippen molar-refractivity contribution in [3.8, 4) is 0 Å². The van der Waals surface area contributed by atoms with Gasteiger partial charge in [0, 0.05) is 12.4 Å². The van der Waals surface area contributed by atoms with Crippen molar-refractivity contribution in [3.63, 3.8) is 0 Å². The van der Waals surface area contributed by atoms with Crippen molar-refractivity contribution >= 4 is 17.3 Å². The van der Waals surface area contributed by atoms with Crippen LogP contribution in [0.1, 0.15) is 19.5 Å². The molecule has 1 aromatic rings. The summed E-state index contributed by atoms with van der Waals surface area (Å²) in [6, 6.07) is 0. The van der Waals surface area contributed by atoms with Gasteiger partial charge in [0.15, 0.2) is 0 Å². The first-order valence-corrected chi connectivity index (χ1v) is 4.08. The number of rotatable bonds is 2. The maximum atomic E-state index is 5.27. The summed E-state index contributed by atoms with van der Waals surface area (Å²) in [6.45, 7) is 3.84. The third-order valence-corrected chi connectivity index (χ3v) is 1.42. The van der Waals surface area contributed by atoms with Crippen LogP contribution in [0.4, 0.5) is 0 Å². The van der Waals surface area contributed by atoms with Crippen LogP contribution in [0.15, 0.2) is 18.6 Å². The highest BCUT2D eigenvalue weighted by atomic mass is 32.1. The average molecular weight is 182 g/mol. The van der Waals surface area contributed by atoms with Gasteiger partial charge in [-0.05, 0) is 26.1 Å². The molecule has 0 radical (unpaired) electrons. The van der Waals surface area contributed by atoms with E-state index in [1.54, 1.807) is 18.6 Å². The number of nitrogens with zero attached hydrogens (tertiary/aromatic N) is 2. The van der Waals surface area contributed by atoms with Gasteiger partial charge in [0.25, 0.3) is 0 Å². The highest BCUT2D eigenvalue weighted by molar-refractivity contribution is 7.80. The standard InChI is InChI=1S/C8H10N2OS/c1-6(2)11-8(12)7-5-9-3-4-10-7/h3-6H,1-2H3. The largest absolute Gasteiger partial charge is 0.479 e. The van der Waals surface area contributed by atoms with E-state index < -0.39 is 0 Å². The first-order chi connectivity index (χ1) is 5.70. The van der Waals surface area contributed by atoms with E-state index in [0.717, 1.165) is 0 Å². The van der Waals surface area contributed by atoms with Crippen LogP contribution in [-0.4, -0.2) is 21.1 Å². The predicted molar refractivity (Wildman–Crippen MR) is 50.0 cm³/mol. The quantitative estimate of drug-likeness (QED) is 0.650. The third-order valence-electron chi connectivity index (χ3n) is 1.12. The Kier molecular flexibility index (Phi) is 3.10. The zero-order valence-corrected chi connectivity index (χ0v) is 7.84. The molecule has 1 rings (SSSR count). The minimum absolute atomic E-state index is 0.0829. The Morgan fingerprint density at radius 3 is 2.75 bits per heavy atom. The summed E-state index contributed by atoms with van der Waals surface area (Å²) < 4.78 is 5.27. The van der Waals surface area contributed by atoms with Crippen molar-refractivity contribution in [1.82, 2.24) is 9.97 Å². The van der Waals surface area contributed by atoms with Gasteiger partial charge in [-0.25, -0.2) is 4.98 Å². The molecule has 0 spiro atoms. The molecule has 0 aromatic carbocycles. The normalized spacial score (nSPS) is 9.92. The van der Waals surface area contributed by atoms with Crippen molar-refractivity contribution < 1.29 is 4.74 Å². The van der Waals surface area contributed by atoms with Gasteiger partial charge in [0.05, 0.1) is 12.3 Å². The van der Waals surface area contributed by atoms with Crippen LogP contribution < -0.4 is 0 Å². The van der Waals surface area contributed by atoms with Crippen molar-refractivity contribution in [3.05, 3.63) is 24.3 Å². The second-order valence-corrected chi connectivity index (χ2v) is 2.92. The maximum absolute atomic E-state index is 5.27. The van der Waals surface area contributed by atoms with Crippen LogP contribution in [0.2, 0.25) is 0 Å². The lowest BCUT2D eigenvalue weighted by atomic mass is 10.4. The molecule has 0 unspecified atom stereocenters. The van der Waals surface area contributed by atoms with Gasteiger partial charge in [-0.1, -0.05) is 0 Å². The fourth-order valence-corrected chi connectivity index (χ4v) is 0.977. The molecule has 4 heteroatoms. The third kappa shape index (κ3) is 2.54. The zero-order chi connectivity index (χ0) is 8.97. The van der Waals surface area contributed by atoms with Crippen LogP contribution in [0.5, 0.6) is 0 Å². The van der Waals surface area contributed by atoms with Crippen molar-refractivity contribution in [1.29, 1.82) is 0 Å². The van der Waals surface area contributed by atoms with Crippen LogP contribution >= 0.6 is 12.2 Å². The van der Waals surface area contributed by atoms with Crippen LogP contribution in [0, 0.1) is 0 Å². The summed E-state index contributed by atoms with van der Waals surface area (Å²) in [4.78, 5) is 7.89. The molecule has 0 saturated carbocycles. The van der Waals surface area contributed by atoms with E-state index in [9.17, 15) is 0 Å². The summed E-state index contributed by atoms with van der Waals surface area (Å²) in [6.07, 6.45) is 4.86. The molecule has 0 aliphatic carbocycles. The van der Waals surface area contributed by atoms with Gasteiger partial charge in [-0.15, -0.1) is 0 Å². The van der Waals surface area contributed by atoms with Gasteiger partial charge >= 0.3 is 0 Å². The second-order valence-electron chi connectivity index (χ2n) is 2.54. The molecule has 12 heavy (non-hydrogen) atoms. The van der Waals surface area contributed by atoms with Crippen LogP contribution in [0.25, 0.3) is 0 Å². The van der Waals surface area contributed by atoms with Gasteiger partial charge in [-0.2, -0.15) is 0 Å². The SMILES string of the molecule is CC(C)OC(=S)c1cnccn1. The summed E-state index contributed by atoms with van der Waals surface area (Å²) in [7, 11) is 0. The molecule has 0 fully saturated rings. The van der Waals surface area contributed by atoms with Crippen molar-refractivity contribution in [2.24, 2.45) is 0 Å². The van der Waals surface area contributed by atoms with Gasteiger partial charge in [0.2, 0.25) is 5.05 Å². The summed E-state index contributed by atoms with van der Waals surface area (Å²) >= 11 is 4.97. The Balaban J connectivity index is 2.66. The minimum atomic E-state index is 0.0829. The number of ether oxygens (including phenoxy) is 1. The number of hydrogen-bond donors (Lipinski definition) is 0. The Morgan fingerprint density at radius 2 is 2.25 bits per heavy atom. The van der Waals surface area contributed by atoms with E-state index in [1.165, 1.54) is 0 Å². The molecule has 0 amide bonds. The summed E-state index contributed by atoms with van der Waals surface area (Å²) in [5.74, 6) is 0. The van der Waals surface area contributed by atoms with E-state index >= 15 is 0 Å². The molecule has 0 saturated heterocycles. The minimum Gasteiger partial charge on any atom is -0.479 e. The van der Waals surface area contributed by atoms with Crippen LogP contribution in [-0.2, 0) is 4.74 Å². The maximum Gasteiger partial charge on any atom is 0.212 e. The predicted octanol–water partition coefficient (Wildman–Crippen LogP) is 1.58. The van der Waals surface area contributed by atoms with Crippen molar-refractivity contribution in [2.45, 2.75) is 20.0 Å². The molecule has 0 atom stereocenters. The smallest absolute Gasteiger partial charge is 0.212 e. The second kappa shape index (κ2) is 4.11. The summed E-state index contributed by atoms with van der Waals surface area (Å²) in [5.41, 5.74) is 0.612. The molecule has 0 aliphatic rings. The Labute approximate surface area is 76.8 Å². The Bertz CT molecular complexity index is 261. The number of thiocarbonyl (C=S) groups is 1. The van der Waals surface area contributed by atoms with E-state index in [-0.39, 0.29) is 6.10 Å².